The highest BCUT2D eigenvalue weighted by atomic mass is 127. The number of halogens is 1. The van der Waals surface area contributed by atoms with E-state index in [1.807, 2.05) is 7.05 Å². The number of guanidine groups is 1. The third-order valence-corrected chi connectivity index (χ3v) is 5.50. The first kappa shape index (κ1) is 21.0. The fourth-order valence-corrected chi connectivity index (χ4v) is 3.51. The summed E-state index contributed by atoms with van der Waals surface area (Å²) in [5.41, 5.74) is 0.432. The van der Waals surface area contributed by atoms with Crippen molar-refractivity contribution in [2.24, 2.45) is 16.3 Å². The lowest BCUT2D eigenvalue weighted by atomic mass is 9.67. The first-order chi connectivity index (χ1) is 10.7. The maximum atomic E-state index is 5.26. The highest BCUT2D eigenvalue weighted by molar-refractivity contribution is 14.0. The van der Waals surface area contributed by atoms with Crippen molar-refractivity contribution in [3.05, 3.63) is 0 Å². The molecule has 1 saturated carbocycles. The van der Waals surface area contributed by atoms with Gasteiger partial charge in [0.1, 0.15) is 0 Å². The lowest BCUT2D eigenvalue weighted by Crippen LogP contribution is -2.48. The van der Waals surface area contributed by atoms with Crippen LogP contribution in [0.4, 0.5) is 0 Å². The van der Waals surface area contributed by atoms with Crippen LogP contribution < -0.4 is 10.6 Å². The van der Waals surface area contributed by atoms with E-state index in [0.29, 0.717) is 5.41 Å². The van der Waals surface area contributed by atoms with Crippen LogP contribution in [0.3, 0.4) is 0 Å². The molecule has 0 radical (unpaired) electrons. The Labute approximate surface area is 159 Å². The van der Waals surface area contributed by atoms with E-state index in [1.54, 1.807) is 7.11 Å². The molecular weight excluding hydrogens is 403 g/mol. The minimum atomic E-state index is 0. The van der Waals surface area contributed by atoms with Gasteiger partial charge in [-0.2, -0.15) is 0 Å². The lowest BCUT2D eigenvalue weighted by Gasteiger charge is -2.42. The second-order valence-electron chi connectivity index (χ2n) is 7.15. The van der Waals surface area contributed by atoms with Crippen molar-refractivity contribution in [3.8, 4) is 0 Å². The number of piperidine rings is 1. The van der Waals surface area contributed by atoms with Gasteiger partial charge in [0.15, 0.2) is 5.96 Å². The smallest absolute Gasteiger partial charge is 0.191 e. The molecule has 0 spiro atoms. The van der Waals surface area contributed by atoms with Crippen LogP contribution in [0.15, 0.2) is 4.99 Å². The van der Waals surface area contributed by atoms with Gasteiger partial charge in [0.05, 0.1) is 0 Å². The van der Waals surface area contributed by atoms with Crippen molar-refractivity contribution in [1.29, 1.82) is 0 Å². The number of nitrogens with one attached hydrogen (secondary N) is 2. The average molecular weight is 438 g/mol. The van der Waals surface area contributed by atoms with Crippen LogP contribution in [0, 0.1) is 11.3 Å². The zero-order valence-corrected chi connectivity index (χ0v) is 17.4. The van der Waals surface area contributed by atoms with Gasteiger partial charge in [0.25, 0.3) is 0 Å². The molecule has 0 bridgehead atoms. The Bertz CT molecular complexity index is 353. The number of aliphatic imine (C=N–C) groups is 1. The molecule has 1 aliphatic heterocycles. The van der Waals surface area contributed by atoms with Crippen LogP contribution in [0.25, 0.3) is 0 Å². The fraction of sp³-hybridized carbons (Fsp3) is 0.941. The lowest BCUT2D eigenvalue weighted by molar-refractivity contribution is 0.0732. The van der Waals surface area contributed by atoms with Crippen LogP contribution in [0.5, 0.6) is 0 Å². The minimum absolute atomic E-state index is 0. The molecule has 1 heterocycles. The van der Waals surface area contributed by atoms with E-state index in [9.17, 15) is 0 Å². The van der Waals surface area contributed by atoms with Gasteiger partial charge in [-0.15, -0.1) is 24.0 Å². The van der Waals surface area contributed by atoms with E-state index in [4.69, 9.17) is 4.74 Å². The van der Waals surface area contributed by atoms with Crippen molar-refractivity contribution in [1.82, 2.24) is 15.5 Å². The van der Waals surface area contributed by atoms with Crippen LogP contribution in [0.2, 0.25) is 0 Å². The molecule has 0 atom stereocenters. The van der Waals surface area contributed by atoms with Crippen LogP contribution in [0.1, 0.15) is 38.5 Å². The van der Waals surface area contributed by atoms with Gasteiger partial charge in [-0.1, -0.05) is 6.42 Å². The fourth-order valence-electron chi connectivity index (χ4n) is 3.51. The quantitative estimate of drug-likeness (QED) is 0.364. The van der Waals surface area contributed by atoms with E-state index < -0.39 is 0 Å². The molecular formula is C17H35IN4O. The van der Waals surface area contributed by atoms with E-state index >= 15 is 0 Å². The summed E-state index contributed by atoms with van der Waals surface area (Å²) in [4.78, 5) is 6.80. The van der Waals surface area contributed by atoms with Gasteiger partial charge in [0.2, 0.25) is 0 Å². The van der Waals surface area contributed by atoms with Gasteiger partial charge in [0, 0.05) is 33.9 Å². The van der Waals surface area contributed by atoms with Crippen molar-refractivity contribution >= 4 is 29.9 Å². The summed E-state index contributed by atoms with van der Waals surface area (Å²) in [6.07, 6.45) is 7.72. The average Bonchev–Trinajstić information content (AvgIpc) is 2.50. The first-order valence-electron chi connectivity index (χ1n) is 8.79. The zero-order chi connectivity index (χ0) is 15.8. The summed E-state index contributed by atoms with van der Waals surface area (Å²) < 4.78 is 5.26. The Hall–Kier alpha value is -0.0800. The summed E-state index contributed by atoms with van der Waals surface area (Å²) in [6.45, 7) is 5.36. The van der Waals surface area contributed by atoms with Gasteiger partial charge < -0.3 is 20.3 Å². The number of nitrogens with zero attached hydrogens (tertiary/aromatic N) is 2. The van der Waals surface area contributed by atoms with E-state index in [0.717, 1.165) is 38.0 Å². The summed E-state index contributed by atoms with van der Waals surface area (Å²) in [5.74, 6) is 1.74. The molecule has 5 nitrogen and oxygen atoms in total. The first-order valence-corrected chi connectivity index (χ1v) is 8.79. The predicted octanol–water partition coefficient (Wildman–Crippen LogP) is 2.32. The Morgan fingerprint density at radius 3 is 2.48 bits per heavy atom. The Kier molecular flexibility index (Phi) is 9.77. The maximum absolute atomic E-state index is 5.26. The van der Waals surface area contributed by atoms with Gasteiger partial charge in [-0.3, -0.25) is 4.99 Å². The number of hydrogen-bond donors (Lipinski definition) is 2. The maximum Gasteiger partial charge on any atom is 0.191 e. The summed E-state index contributed by atoms with van der Waals surface area (Å²) in [6, 6.07) is 0. The summed E-state index contributed by atoms with van der Waals surface area (Å²) >= 11 is 0. The Balaban J connectivity index is 0.00000264. The van der Waals surface area contributed by atoms with Crippen LogP contribution in [-0.4, -0.2) is 64.9 Å². The molecule has 6 heteroatoms. The molecule has 2 rings (SSSR count). The molecule has 0 aromatic heterocycles. The molecule has 0 aromatic rings. The topological polar surface area (TPSA) is 48.9 Å². The largest absolute Gasteiger partial charge is 0.385 e. The number of likely N-dealkylation sites (tertiary alicyclic amines) is 1. The molecule has 23 heavy (non-hydrogen) atoms. The van der Waals surface area contributed by atoms with E-state index in [-0.39, 0.29) is 24.0 Å². The summed E-state index contributed by atoms with van der Waals surface area (Å²) in [5, 5.41) is 7.06. The standard InChI is InChI=1S/C17H34N4O.HI/c1-18-16(19-13-15-5-10-21(2)11-6-15)20-14-17(7-4-8-17)9-12-22-3;/h15H,4-14H2,1-3H3,(H2,18,19,20);1H. The predicted molar refractivity (Wildman–Crippen MR) is 108 cm³/mol. The number of rotatable bonds is 7. The van der Waals surface area contributed by atoms with Gasteiger partial charge >= 0.3 is 0 Å². The van der Waals surface area contributed by atoms with Gasteiger partial charge in [-0.25, -0.2) is 0 Å². The number of hydrogen-bond acceptors (Lipinski definition) is 3. The second kappa shape index (κ2) is 10.7. The van der Waals surface area contributed by atoms with E-state index in [1.165, 1.54) is 45.2 Å². The molecule has 136 valence electrons. The van der Waals surface area contributed by atoms with Crippen LogP contribution in [-0.2, 0) is 4.74 Å². The highest BCUT2D eigenvalue weighted by Gasteiger charge is 2.36. The van der Waals surface area contributed by atoms with Gasteiger partial charge in [-0.05, 0) is 63.6 Å². The molecule has 2 fully saturated rings. The SMILES string of the molecule is CN=C(NCC1CCN(C)CC1)NCC1(CCOC)CCC1.I. The number of methoxy groups -OCH3 is 1. The van der Waals surface area contributed by atoms with Crippen molar-refractivity contribution in [2.45, 2.75) is 38.5 Å². The third kappa shape index (κ3) is 6.74. The van der Waals surface area contributed by atoms with Crippen molar-refractivity contribution in [3.63, 3.8) is 0 Å². The third-order valence-electron chi connectivity index (χ3n) is 5.50. The molecule has 1 saturated heterocycles. The number of ether oxygens (including phenoxy) is 1. The minimum Gasteiger partial charge on any atom is -0.385 e. The molecule has 1 aliphatic carbocycles. The van der Waals surface area contributed by atoms with E-state index in [2.05, 4.69) is 27.6 Å². The molecule has 0 amide bonds. The van der Waals surface area contributed by atoms with Crippen LogP contribution >= 0.6 is 24.0 Å². The molecule has 0 aromatic carbocycles. The second-order valence-corrected chi connectivity index (χ2v) is 7.15. The van der Waals surface area contributed by atoms with Crippen molar-refractivity contribution in [2.75, 3.05) is 54.0 Å². The monoisotopic (exact) mass is 438 g/mol. The Morgan fingerprint density at radius 2 is 1.96 bits per heavy atom. The van der Waals surface area contributed by atoms with Crippen molar-refractivity contribution < 1.29 is 4.74 Å². The highest BCUT2D eigenvalue weighted by Crippen LogP contribution is 2.43. The molecule has 2 N–H and O–H groups in total. The normalized spacial score (nSPS) is 22.1. The molecule has 2 aliphatic rings. The summed E-state index contributed by atoms with van der Waals surface area (Å²) in [7, 11) is 5.87. The molecule has 0 unspecified atom stereocenters. The Morgan fingerprint density at radius 1 is 1.26 bits per heavy atom. The zero-order valence-electron chi connectivity index (χ0n) is 15.1.